The SMILES string of the molecule is O[P+](c1ccccc1)(c1ccccc1)c1ccccc1-c1ccccc1. The second-order valence-electron chi connectivity index (χ2n) is 6.19. The molecule has 0 fully saturated rings. The van der Waals surface area contributed by atoms with Gasteiger partial charge < -0.3 is 0 Å². The van der Waals surface area contributed by atoms with E-state index in [-0.39, 0.29) is 0 Å². The normalized spacial score (nSPS) is 11.3. The number of rotatable bonds is 4. The number of hydrogen-bond donors (Lipinski definition) is 1. The molecule has 0 aliphatic rings. The quantitative estimate of drug-likeness (QED) is 0.532. The average Bonchev–Trinajstić information content (AvgIpc) is 2.75. The summed E-state index contributed by atoms with van der Waals surface area (Å²) in [6.45, 7) is 0. The lowest BCUT2D eigenvalue weighted by atomic mass is 10.1. The molecule has 0 aromatic heterocycles. The summed E-state index contributed by atoms with van der Waals surface area (Å²) in [7, 11) is -2.73. The molecule has 4 aromatic carbocycles. The molecule has 0 saturated carbocycles. The molecular weight excluding hydrogens is 335 g/mol. The van der Waals surface area contributed by atoms with Crippen LogP contribution in [0.3, 0.4) is 0 Å². The van der Waals surface area contributed by atoms with Crippen LogP contribution in [0, 0.1) is 0 Å². The van der Waals surface area contributed by atoms with Crippen LogP contribution in [-0.4, -0.2) is 4.89 Å². The van der Waals surface area contributed by atoms with Gasteiger partial charge in [-0.25, -0.2) is 4.89 Å². The van der Waals surface area contributed by atoms with Gasteiger partial charge in [0.2, 0.25) is 7.49 Å². The van der Waals surface area contributed by atoms with E-state index in [0.29, 0.717) is 0 Å². The molecule has 0 atom stereocenters. The van der Waals surface area contributed by atoms with Gasteiger partial charge >= 0.3 is 0 Å². The van der Waals surface area contributed by atoms with E-state index in [1.54, 1.807) is 0 Å². The third-order valence-corrected chi connectivity index (χ3v) is 7.78. The maximum absolute atomic E-state index is 12.2. The van der Waals surface area contributed by atoms with Crippen molar-refractivity contribution in [3.05, 3.63) is 115 Å². The first-order valence-electron chi connectivity index (χ1n) is 8.68. The van der Waals surface area contributed by atoms with Gasteiger partial charge in [0.05, 0.1) is 0 Å². The smallest absolute Gasteiger partial charge is 0.235 e. The van der Waals surface area contributed by atoms with E-state index in [1.807, 2.05) is 91.0 Å². The zero-order valence-electron chi connectivity index (χ0n) is 14.4. The Morgan fingerprint density at radius 3 is 1.42 bits per heavy atom. The van der Waals surface area contributed by atoms with Crippen molar-refractivity contribution in [1.82, 2.24) is 0 Å². The van der Waals surface area contributed by atoms with Crippen LogP contribution in [0.2, 0.25) is 0 Å². The molecular formula is C24H20OP+. The van der Waals surface area contributed by atoms with Crippen LogP contribution in [0.15, 0.2) is 115 Å². The fourth-order valence-corrected chi connectivity index (χ4v) is 6.25. The largest absolute Gasteiger partial charge is 0.239 e. The van der Waals surface area contributed by atoms with Gasteiger partial charge in [-0.05, 0) is 35.9 Å². The Kier molecular flexibility index (Phi) is 4.67. The Labute approximate surface area is 155 Å². The molecule has 4 aromatic rings. The van der Waals surface area contributed by atoms with Crippen molar-refractivity contribution in [2.75, 3.05) is 0 Å². The van der Waals surface area contributed by atoms with Crippen molar-refractivity contribution in [2.45, 2.75) is 0 Å². The highest BCUT2D eigenvalue weighted by atomic mass is 31.2. The van der Waals surface area contributed by atoms with E-state index in [1.165, 1.54) is 0 Å². The molecule has 0 radical (unpaired) electrons. The summed E-state index contributed by atoms with van der Waals surface area (Å²) in [6, 6.07) is 38.6. The minimum absolute atomic E-state index is 0.967. The van der Waals surface area contributed by atoms with E-state index in [9.17, 15) is 4.89 Å². The molecule has 0 amide bonds. The highest BCUT2D eigenvalue weighted by Crippen LogP contribution is 2.52. The summed E-state index contributed by atoms with van der Waals surface area (Å²) >= 11 is 0. The lowest BCUT2D eigenvalue weighted by Gasteiger charge is -2.22. The topological polar surface area (TPSA) is 20.2 Å². The summed E-state index contributed by atoms with van der Waals surface area (Å²) in [4.78, 5) is 12.2. The summed E-state index contributed by atoms with van der Waals surface area (Å²) in [5.41, 5.74) is 2.20. The number of hydrogen-bond acceptors (Lipinski definition) is 1. The van der Waals surface area contributed by atoms with Gasteiger partial charge in [0.25, 0.3) is 0 Å². The molecule has 0 unspecified atom stereocenters. The van der Waals surface area contributed by atoms with Crippen LogP contribution in [0.4, 0.5) is 0 Å². The highest BCUT2D eigenvalue weighted by molar-refractivity contribution is 7.91. The third kappa shape index (κ3) is 2.97. The van der Waals surface area contributed by atoms with Crippen molar-refractivity contribution in [3.8, 4) is 11.1 Å². The van der Waals surface area contributed by atoms with Crippen LogP contribution in [-0.2, 0) is 0 Å². The molecule has 1 nitrogen and oxygen atoms in total. The lowest BCUT2D eigenvalue weighted by molar-refractivity contribution is 0.633. The molecule has 0 spiro atoms. The van der Waals surface area contributed by atoms with Crippen LogP contribution < -0.4 is 15.9 Å². The molecule has 1 N–H and O–H groups in total. The van der Waals surface area contributed by atoms with Crippen molar-refractivity contribution in [2.24, 2.45) is 0 Å². The summed E-state index contributed by atoms with van der Waals surface area (Å²) in [6.07, 6.45) is 0. The number of benzene rings is 4. The second kappa shape index (κ2) is 7.25. The third-order valence-electron chi connectivity index (χ3n) is 4.60. The Morgan fingerprint density at radius 1 is 0.462 bits per heavy atom. The maximum Gasteiger partial charge on any atom is 0.239 e. The minimum Gasteiger partial charge on any atom is -0.235 e. The zero-order valence-corrected chi connectivity index (χ0v) is 15.3. The predicted octanol–water partition coefficient (Wildman–Crippen LogP) is 4.55. The van der Waals surface area contributed by atoms with Crippen molar-refractivity contribution >= 4 is 23.4 Å². The van der Waals surface area contributed by atoms with E-state index in [2.05, 4.69) is 24.3 Å². The lowest BCUT2D eigenvalue weighted by Crippen LogP contribution is -2.31. The van der Waals surface area contributed by atoms with Gasteiger partial charge in [0, 0.05) is 5.56 Å². The minimum atomic E-state index is -2.73. The summed E-state index contributed by atoms with van der Waals surface area (Å²) in [5.74, 6) is 0. The van der Waals surface area contributed by atoms with E-state index in [4.69, 9.17) is 0 Å². The van der Waals surface area contributed by atoms with Crippen LogP contribution in [0.1, 0.15) is 0 Å². The van der Waals surface area contributed by atoms with Gasteiger partial charge in [-0.15, -0.1) is 0 Å². The molecule has 0 bridgehead atoms. The fraction of sp³-hybridized carbons (Fsp3) is 0. The first kappa shape index (κ1) is 16.7. The van der Waals surface area contributed by atoms with E-state index < -0.39 is 7.49 Å². The molecule has 126 valence electrons. The Bertz CT molecular complexity index is 943. The van der Waals surface area contributed by atoms with Gasteiger partial charge in [-0.1, -0.05) is 84.9 Å². The average molecular weight is 355 g/mol. The second-order valence-corrected chi connectivity index (χ2v) is 8.98. The summed E-state index contributed by atoms with van der Waals surface area (Å²) in [5, 5.41) is 2.92. The van der Waals surface area contributed by atoms with Crippen molar-refractivity contribution in [3.63, 3.8) is 0 Å². The van der Waals surface area contributed by atoms with Gasteiger partial charge in [-0.3, -0.25) is 0 Å². The van der Waals surface area contributed by atoms with Crippen molar-refractivity contribution in [1.29, 1.82) is 0 Å². The molecule has 0 aliphatic heterocycles. The van der Waals surface area contributed by atoms with Gasteiger partial charge in [0.15, 0.2) is 0 Å². The fourth-order valence-electron chi connectivity index (χ4n) is 3.33. The van der Waals surface area contributed by atoms with Crippen molar-refractivity contribution < 1.29 is 4.89 Å². The first-order chi connectivity index (χ1) is 12.8. The van der Waals surface area contributed by atoms with Crippen LogP contribution >= 0.6 is 7.49 Å². The standard InChI is InChI=1S/C24H20OP/c25-26(21-14-6-2-7-15-21,22-16-8-3-9-17-22)24-19-11-10-18-23(24)20-12-4-1-5-13-20/h1-19,25H/q+1. The molecule has 4 rings (SSSR count). The Morgan fingerprint density at radius 2 is 0.885 bits per heavy atom. The van der Waals surface area contributed by atoms with Crippen LogP contribution in [0.25, 0.3) is 11.1 Å². The molecule has 26 heavy (non-hydrogen) atoms. The predicted molar refractivity (Wildman–Crippen MR) is 113 cm³/mol. The molecule has 2 heteroatoms. The maximum atomic E-state index is 12.2. The first-order valence-corrected chi connectivity index (χ1v) is 10.4. The monoisotopic (exact) mass is 355 g/mol. The van der Waals surface area contributed by atoms with E-state index in [0.717, 1.165) is 27.0 Å². The highest BCUT2D eigenvalue weighted by Gasteiger charge is 2.45. The zero-order chi connectivity index (χ0) is 17.8. The van der Waals surface area contributed by atoms with Crippen LogP contribution in [0.5, 0.6) is 0 Å². The summed E-state index contributed by atoms with van der Waals surface area (Å²) < 4.78 is 0. The molecule has 0 saturated heterocycles. The Balaban J connectivity index is 2.01. The molecule has 0 aliphatic carbocycles. The van der Waals surface area contributed by atoms with Gasteiger partial charge in [0.1, 0.15) is 15.9 Å². The van der Waals surface area contributed by atoms with E-state index >= 15 is 0 Å². The van der Waals surface area contributed by atoms with Gasteiger partial charge in [-0.2, -0.15) is 0 Å². The Hall–Kier alpha value is -2.73. The molecule has 0 heterocycles.